The first kappa shape index (κ1) is 5.35. The van der Waals surface area contributed by atoms with Crippen molar-refractivity contribution < 1.29 is 4.98 Å². The number of nitrogens with one attached hydrogen (secondary N) is 1. The normalized spacial score (nSPS) is 10.0. The van der Waals surface area contributed by atoms with Crippen LogP contribution in [0.2, 0.25) is 0 Å². The first-order valence-corrected chi connectivity index (χ1v) is 3.17. The highest BCUT2D eigenvalue weighted by molar-refractivity contribution is 5.59. The van der Waals surface area contributed by atoms with E-state index in [1.807, 2.05) is 24.5 Å². The molecule has 0 aromatic rings. The molecular weight excluding hydrogens is 124 g/mol. The van der Waals surface area contributed by atoms with Gasteiger partial charge >= 0.3 is 0 Å². The van der Waals surface area contributed by atoms with Crippen LogP contribution in [-0.2, 0) is 0 Å². The number of nitrogens with zero attached hydrogens (tertiary/aromatic N) is 1. The lowest BCUT2D eigenvalue weighted by molar-refractivity contribution is -0.371. The standard InChI is InChI=1S/C8H6N2/c1-3-9-4-2-8-6-10-5-7(1)8/h1-6H/p+1. The molecule has 0 aromatic carbocycles. The zero-order valence-corrected chi connectivity index (χ0v) is 5.41. The quantitative estimate of drug-likeness (QED) is 0.524. The van der Waals surface area contributed by atoms with Gasteiger partial charge in [-0.15, -0.1) is 0 Å². The molecule has 2 heteroatoms. The van der Waals surface area contributed by atoms with E-state index in [9.17, 15) is 0 Å². The van der Waals surface area contributed by atoms with Gasteiger partial charge in [0.25, 0.3) is 0 Å². The molecule has 0 radical (unpaired) electrons. The zero-order chi connectivity index (χ0) is 6.81. The summed E-state index contributed by atoms with van der Waals surface area (Å²) in [6, 6.07) is 3.96. The Labute approximate surface area is 58.9 Å². The van der Waals surface area contributed by atoms with Crippen LogP contribution in [0.15, 0.2) is 36.9 Å². The average molecular weight is 131 g/mol. The SMILES string of the molecule is c1cc2c[nH+]cc-2ccn1. The van der Waals surface area contributed by atoms with Crippen molar-refractivity contribution in [2.45, 2.75) is 0 Å². The second-order valence-electron chi connectivity index (χ2n) is 2.15. The number of aromatic amines is 1. The molecule has 10 heavy (non-hydrogen) atoms. The molecule has 2 rings (SSSR count). The maximum atomic E-state index is 3.98. The highest BCUT2D eigenvalue weighted by Crippen LogP contribution is 2.14. The van der Waals surface area contributed by atoms with Crippen molar-refractivity contribution in [1.29, 1.82) is 0 Å². The van der Waals surface area contributed by atoms with E-state index in [1.54, 1.807) is 12.4 Å². The Morgan fingerprint density at radius 1 is 1.00 bits per heavy atom. The number of fused-ring (bicyclic) bond motifs is 1. The largest absolute Gasteiger partial charge is 0.265 e. The molecule has 2 nitrogen and oxygen atoms in total. The Morgan fingerprint density at radius 3 is 2.20 bits per heavy atom. The highest BCUT2D eigenvalue weighted by atomic mass is 14.7. The number of hydrogen-bond donors (Lipinski definition) is 0. The van der Waals surface area contributed by atoms with Crippen molar-refractivity contribution in [2.24, 2.45) is 0 Å². The summed E-state index contributed by atoms with van der Waals surface area (Å²) in [6.07, 6.45) is 7.49. The van der Waals surface area contributed by atoms with Crippen LogP contribution in [0, 0.1) is 0 Å². The molecule has 2 aliphatic heterocycles. The topological polar surface area (TPSA) is 27.0 Å². The van der Waals surface area contributed by atoms with E-state index < -0.39 is 0 Å². The van der Waals surface area contributed by atoms with Gasteiger partial charge in [0.05, 0.1) is 11.1 Å². The molecule has 0 amide bonds. The van der Waals surface area contributed by atoms with Crippen LogP contribution in [0.1, 0.15) is 0 Å². The number of hydrogen-bond acceptors (Lipinski definition) is 1. The minimum atomic E-state index is 1.19. The van der Waals surface area contributed by atoms with E-state index in [0.717, 1.165) is 0 Å². The van der Waals surface area contributed by atoms with Crippen LogP contribution in [0.3, 0.4) is 0 Å². The molecular formula is C8H7N2+. The van der Waals surface area contributed by atoms with Gasteiger partial charge in [-0.3, -0.25) is 4.98 Å². The second-order valence-corrected chi connectivity index (χ2v) is 2.15. The molecule has 0 spiro atoms. The Kier molecular flexibility index (Phi) is 1.10. The average Bonchev–Trinajstić information content (AvgIpc) is 2.28. The molecule has 2 heterocycles. The predicted octanol–water partition coefficient (Wildman–Crippen LogP) is 1.00. The Balaban J connectivity index is 2.74. The molecule has 0 saturated carbocycles. The fraction of sp³-hybridized carbons (Fsp3) is 0. The summed E-state index contributed by atoms with van der Waals surface area (Å²) < 4.78 is 0. The van der Waals surface area contributed by atoms with Gasteiger partial charge in [-0.2, -0.15) is 0 Å². The van der Waals surface area contributed by atoms with E-state index in [1.165, 1.54) is 11.1 Å². The summed E-state index contributed by atoms with van der Waals surface area (Å²) in [4.78, 5) is 7.01. The second kappa shape index (κ2) is 2.06. The van der Waals surface area contributed by atoms with Crippen molar-refractivity contribution in [3.63, 3.8) is 0 Å². The first-order valence-electron chi connectivity index (χ1n) is 3.17. The Hall–Kier alpha value is -1.44. The molecule has 0 atom stereocenters. The molecule has 0 saturated heterocycles. The van der Waals surface area contributed by atoms with E-state index >= 15 is 0 Å². The van der Waals surface area contributed by atoms with E-state index in [-0.39, 0.29) is 0 Å². The first-order chi connectivity index (χ1) is 4.97. The van der Waals surface area contributed by atoms with E-state index in [0.29, 0.717) is 0 Å². The van der Waals surface area contributed by atoms with Crippen LogP contribution in [-0.4, -0.2) is 4.98 Å². The molecule has 0 bridgehead atoms. The van der Waals surface area contributed by atoms with Crippen LogP contribution < -0.4 is 4.98 Å². The van der Waals surface area contributed by atoms with Gasteiger partial charge < -0.3 is 0 Å². The van der Waals surface area contributed by atoms with Crippen molar-refractivity contribution in [2.75, 3.05) is 0 Å². The van der Waals surface area contributed by atoms with Gasteiger partial charge in [-0.25, -0.2) is 4.98 Å². The van der Waals surface area contributed by atoms with Gasteiger partial charge in [0.1, 0.15) is 0 Å². The van der Waals surface area contributed by atoms with Crippen molar-refractivity contribution in [1.82, 2.24) is 4.98 Å². The van der Waals surface area contributed by atoms with Crippen LogP contribution >= 0.6 is 0 Å². The number of H-pyrrole nitrogens is 1. The summed E-state index contributed by atoms with van der Waals surface area (Å²) in [6.45, 7) is 0. The lowest BCUT2D eigenvalue weighted by Gasteiger charge is -1.77. The van der Waals surface area contributed by atoms with Crippen LogP contribution in [0.25, 0.3) is 11.1 Å². The van der Waals surface area contributed by atoms with E-state index in [2.05, 4.69) is 9.97 Å². The minimum Gasteiger partial charge on any atom is -0.265 e. The third-order valence-electron chi connectivity index (χ3n) is 1.49. The maximum absolute atomic E-state index is 3.98. The van der Waals surface area contributed by atoms with Gasteiger partial charge in [-0.1, -0.05) is 0 Å². The summed E-state index contributed by atoms with van der Waals surface area (Å²) in [5.41, 5.74) is 2.38. The summed E-state index contributed by atoms with van der Waals surface area (Å²) in [7, 11) is 0. The lowest BCUT2D eigenvalue weighted by Crippen LogP contribution is -1.87. The molecule has 0 aliphatic carbocycles. The molecule has 0 aromatic heterocycles. The molecule has 2 aliphatic rings. The fourth-order valence-electron chi connectivity index (χ4n) is 0.973. The van der Waals surface area contributed by atoms with Gasteiger partial charge in [0.15, 0.2) is 12.4 Å². The van der Waals surface area contributed by atoms with Crippen molar-refractivity contribution >= 4 is 0 Å². The Morgan fingerprint density at radius 2 is 1.60 bits per heavy atom. The Bertz CT molecular complexity index is 278. The molecule has 1 N–H and O–H groups in total. The monoisotopic (exact) mass is 131 g/mol. The predicted molar refractivity (Wildman–Crippen MR) is 37.4 cm³/mol. The highest BCUT2D eigenvalue weighted by Gasteiger charge is 2.02. The lowest BCUT2D eigenvalue weighted by atomic mass is 10.2. The van der Waals surface area contributed by atoms with E-state index in [4.69, 9.17) is 0 Å². The molecule has 48 valence electrons. The van der Waals surface area contributed by atoms with Crippen molar-refractivity contribution in [3.8, 4) is 11.1 Å². The van der Waals surface area contributed by atoms with Crippen LogP contribution in [0.5, 0.6) is 0 Å². The third kappa shape index (κ3) is 0.739. The van der Waals surface area contributed by atoms with Gasteiger partial charge in [0, 0.05) is 12.4 Å². The zero-order valence-electron chi connectivity index (χ0n) is 5.41. The summed E-state index contributed by atoms with van der Waals surface area (Å²) >= 11 is 0. The smallest absolute Gasteiger partial charge is 0.175 e. The molecule has 0 unspecified atom stereocenters. The van der Waals surface area contributed by atoms with Gasteiger partial charge in [0.2, 0.25) is 0 Å². The fourth-order valence-corrected chi connectivity index (χ4v) is 0.973. The summed E-state index contributed by atoms with van der Waals surface area (Å²) in [5, 5.41) is 0. The third-order valence-corrected chi connectivity index (χ3v) is 1.49. The number of rotatable bonds is 0. The van der Waals surface area contributed by atoms with Crippen LogP contribution in [0.4, 0.5) is 0 Å². The van der Waals surface area contributed by atoms with Crippen molar-refractivity contribution in [3.05, 3.63) is 36.9 Å². The maximum Gasteiger partial charge on any atom is 0.175 e. The van der Waals surface area contributed by atoms with Gasteiger partial charge in [-0.05, 0) is 12.1 Å². The number of aromatic nitrogens is 2. The molecule has 0 fully saturated rings. The summed E-state index contributed by atoms with van der Waals surface area (Å²) in [5.74, 6) is 0. The minimum absolute atomic E-state index is 1.19.